The molecular formula is C13H30N4O2S. The van der Waals surface area contributed by atoms with E-state index in [1.807, 2.05) is 14.1 Å². The summed E-state index contributed by atoms with van der Waals surface area (Å²) in [6.07, 6.45) is 2.77. The van der Waals surface area contributed by atoms with Crippen molar-refractivity contribution in [2.45, 2.75) is 32.2 Å². The van der Waals surface area contributed by atoms with Crippen LogP contribution in [0.15, 0.2) is 0 Å². The van der Waals surface area contributed by atoms with Crippen LogP contribution in [0.3, 0.4) is 0 Å². The number of nitrogens with zero attached hydrogens (tertiary/aromatic N) is 3. The standard InChI is InChI=1S/C13H30N4O2S/c1-5-14-9-7-10-16(4)20(18,19)17-11-6-8-13(17)12-15(2)3/h13-14H,5-12H2,1-4H3. The molecular weight excluding hydrogens is 276 g/mol. The van der Waals surface area contributed by atoms with Gasteiger partial charge in [-0.3, -0.25) is 0 Å². The van der Waals surface area contributed by atoms with Gasteiger partial charge in [0.1, 0.15) is 0 Å². The Morgan fingerprint density at radius 2 is 2.00 bits per heavy atom. The topological polar surface area (TPSA) is 55.9 Å². The summed E-state index contributed by atoms with van der Waals surface area (Å²) >= 11 is 0. The van der Waals surface area contributed by atoms with E-state index in [0.717, 1.165) is 38.9 Å². The number of hydrogen-bond acceptors (Lipinski definition) is 4. The van der Waals surface area contributed by atoms with E-state index in [4.69, 9.17) is 0 Å². The third-order valence-electron chi connectivity index (χ3n) is 3.67. The van der Waals surface area contributed by atoms with E-state index >= 15 is 0 Å². The Hall–Kier alpha value is -0.210. The smallest absolute Gasteiger partial charge is 0.282 e. The molecule has 1 aliphatic heterocycles. The fraction of sp³-hybridized carbons (Fsp3) is 1.00. The van der Waals surface area contributed by atoms with Gasteiger partial charge in [-0.15, -0.1) is 0 Å². The summed E-state index contributed by atoms with van der Waals surface area (Å²) in [6.45, 7) is 5.85. The van der Waals surface area contributed by atoms with Gasteiger partial charge in [0, 0.05) is 32.7 Å². The monoisotopic (exact) mass is 306 g/mol. The van der Waals surface area contributed by atoms with E-state index in [9.17, 15) is 8.42 Å². The van der Waals surface area contributed by atoms with Crippen molar-refractivity contribution in [1.82, 2.24) is 18.8 Å². The fourth-order valence-corrected chi connectivity index (χ4v) is 4.24. The molecule has 120 valence electrons. The van der Waals surface area contributed by atoms with Crippen LogP contribution in [0.5, 0.6) is 0 Å². The normalized spacial score (nSPS) is 21.2. The molecule has 0 aromatic heterocycles. The van der Waals surface area contributed by atoms with Gasteiger partial charge in [0.25, 0.3) is 10.2 Å². The molecule has 0 amide bonds. The van der Waals surface area contributed by atoms with Crippen molar-refractivity contribution in [1.29, 1.82) is 0 Å². The molecule has 7 heteroatoms. The van der Waals surface area contributed by atoms with Crippen LogP contribution in [0.2, 0.25) is 0 Å². The molecule has 20 heavy (non-hydrogen) atoms. The SMILES string of the molecule is CCNCCCN(C)S(=O)(=O)N1CCCC1CN(C)C. The predicted molar refractivity (Wildman–Crippen MR) is 83.0 cm³/mol. The molecule has 0 saturated carbocycles. The first kappa shape index (κ1) is 17.8. The van der Waals surface area contributed by atoms with Crippen LogP contribution >= 0.6 is 0 Å². The molecule has 0 aliphatic carbocycles. The maximum absolute atomic E-state index is 12.6. The fourth-order valence-electron chi connectivity index (χ4n) is 2.61. The van der Waals surface area contributed by atoms with Gasteiger partial charge < -0.3 is 10.2 Å². The van der Waals surface area contributed by atoms with Crippen LogP contribution in [0.4, 0.5) is 0 Å². The lowest BCUT2D eigenvalue weighted by molar-refractivity contribution is 0.276. The van der Waals surface area contributed by atoms with Crippen molar-refractivity contribution < 1.29 is 8.42 Å². The van der Waals surface area contributed by atoms with E-state index in [1.165, 1.54) is 4.31 Å². The average molecular weight is 306 g/mol. The van der Waals surface area contributed by atoms with Crippen molar-refractivity contribution in [2.75, 3.05) is 53.9 Å². The highest BCUT2D eigenvalue weighted by molar-refractivity contribution is 7.86. The Labute approximate surface area is 124 Å². The van der Waals surface area contributed by atoms with Gasteiger partial charge in [-0.1, -0.05) is 6.92 Å². The third-order valence-corrected chi connectivity index (χ3v) is 5.71. The number of hydrogen-bond donors (Lipinski definition) is 1. The summed E-state index contributed by atoms with van der Waals surface area (Å²) in [7, 11) is 2.36. The molecule has 1 atom stereocenters. The highest BCUT2D eigenvalue weighted by atomic mass is 32.2. The number of nitrogens with one attached hydrogen (secondary N) is 1. The van der Waals surface area contributed by atoms with Gasteiger partial charge in [0.05, 0.1) is 0 Å². The molecule has 0 spiro atoms. The van der Waals surface area contributed by atoms with Crippen molar-refractivity contribution in [3.05, 3.63) is 0 Å². The summed E-state index contributed by atoms with van der Waals surface area (Å²) in [4.78, 5) is 2.06. The Kier molecular flexibility index (Phi) is 7.39. The van der Waals surface area contributed by atoms with Crippen LogP contribution in [0.25, 0.3) is 0 Å². The zero-order chi connectivity index (χ0) is 15.2. The molecule has 1 fully saturated rings. The molecule has 0 bridgehead atoms. The van der Waals surface area contributed by atoms with E-state index < -0.39 is 10.2 Å². The Morgan fingerprint density at radius 1 is 1.30 bits per heavy atom. The minimum absolute atomic E-state index is 0.117. The Bertz CT molecular complexity index is 373. The lowest BCUT2D eigenvalue weighted by atomic mass is 10.2. The van der Waals surface area contributed by atoms with Gasteiger partial charge in [-0.2, -0.15) is 17.0 Å². The average Bonchev–Trinajstić information content (AvgIpc) is 2.82. The molecule has 1 heterocycles. The minimum Gasteiger partial charge on any atom is -0.317 e. The van der Waals surface area contributed by atoms with E-state index in [2.05, 4.69) is 17.1 Å². The zero-order valence-electron chi connectivity index (χ0n) is 13.3. The predicted octanol–water partition coefficient (Wildman–Crippen LogP) is 0.189. The molecule has 1 rings (SSSR count). The second-order valence-electron chi connectivity index (χ2n) is 5.71. The molecule has 1 unspecified atom stereocenters. The molecule has 0 aromatic carbocycles. The van der Waals surface area contributed by atoms with Gasteiger partial charge >= 0.3 is 0 Å². The van der Waals surface area contributed by atoms with E-state index in [0.29, 0.717) is 13.1 Å². The van der Waals surface area contributed by atoms with Crippen LogP contribution in [0.1, 0.15) is 26.2 Å². The van der Waals surface area contributed by atoms with Gasteiger partial charge in [0.2, 0.25) is 0 Å². The summed E-state index contributed by atoms with van der Waals surface area (Å²) in [5, 5.41) is 3.22. The van der Waals surface area contributed by atoms with Gasteiger partial charge in [-0.05, 0) is 46.4 Å². The highest BCUT2D eigenvalue weighted by Crippen LogP contribution is 2.23. The van der Waals surface area contributed by atoms with Crippen molar-refractivity contribution in [3.63, 3.8) is 0 Å². The summed E-state index contributed by atoms with van der Waals surface area (Å²) in [6, 6.07) is 0.117. The van der Waals surface area contributed by atoms with Crippen molar-refractivity contribution in [2.24, 2.45) is 0 Å². The Balaban J connectivity index is 2.57. The van der Waals surface area contributed by atoms with Crippen molar-refractivity contribution >= 4 is 10.2 Å². The summed E-state index contributed by atoms with van der Waals surface area (Å²) in [5.74, 6) is 0. The van der Waals surface area contributed by atoms with Crippen LogP contribution in [0, 0.1) is 0 Å². The van der Waals surface area contributed by atoms with Crippen LogP contribution in [-0.2, 0) is 10.2 Å². The molecule has 6 nitrogen and oxygen atoms in total. The molecule has 1 aliphatic rings. The molecule has 0 radical (unpaired) electrons. The largest absolute Gasteiger partial charge is 0.317 e. The van der Waals surface area contributed by atoms with Gasteiger partial charge in [0.15, 0.2) is 0 Å². The maximum atomic E-state index is 12.6. The summed E-state index contributed by atoms with van der Waals surface area (Å²) < 4.78 is 28.4. The van der Waals surface area contributed by atoms with Gasteiger partial charge in [-0.25, -0.2) is 0 Å². The first-order valence-electron chi connectivity index (χ1n) is 7.48. The number of likely N-dealkylation sites (N-methyl/N-ethyl adjacent to an activating group) is 1. The second kappa shape index (κ2) is 8.29. The molecule has 1 saturated heterocycles. The maximum Gasteiger partial charge on any atom is 0.282 e. The first-order chi connectivity index (χ1) is 9.39. The minimum atomic E-state index is -3.31. The second-order valence-corrected chi connectivity index (χ2v) is 7.69. The van der Waals surface area contributed by atoms with E-state index in [-0.39, 0.29) is 6.04 Å². The zero-order valence-corrected chi connectivity index (χ0v) is 14.1. The number of rotatable bonds is 9. The quantitative estimate of drug-likeness (QED) is 0.618. The molecule has 1 N–H and O–H groups in total. The summed E-state index contributed by atoms with van der Waals surface area (Å²) in [5.41, 5.74) is 0. The lowest BCUT2D eigenvalue weighted by Gasteiger charge is -2.30. The van der Waals surface area contributed by atoms with Crippen LogP contribution < -0.4 is 5.32 Å². The van der Waals surface area contributed by atoms with E-state index in [1.54, 1.807) is 11.4 Å². The van der Waals surface area contributed by atoms with Crippen molar-refractivity contribution in [3.8, 4) is 0 Å². The van der Waals surface area contributed by atoms with Crippen LogP contribution in [-0.4, -0.2) is 81.8 Å². The molecule has 0 aromatic rings. The third kappa shape index (κ3) is 4.96. The lowest BCUT2D eigenvalue weighted by Crippen LogP contribution is -2.47. The first-order valence-corrected chi connectivity index (χ1v) is 8.87. The Morgan fingerprint density at radius 3 is 2.60 bits per heavy atom. The highest BCUT2D eigenvalue weighted by Gasteiger charge is 2.36.